The van der Waals surface area contributed by atoms with Crippen molar-refractivity contribution >= 4 is 29.1 Å². The average molecular weight is 363 g/mol. The maximum Gasteiger partial charge on any atom is 0.357 e. The molecule has 0 unspecified atom stereocenters. The maximum absolute atomic E-state index is 13.0. The molecule has 0 aromatic heterocycles. The first kappa shape index (κ1) is 17.8. The van der Waals surface area contributed by atoms with Crippen LogP contribution in [0.2, 0.25) is 0 Å². The molecule has 0 radical (unpaired) electrons. The number of Topliss-reactive ketones (excluding diaryl/α,β-unsaturated/α-hetero) is 1. The summed E-state index contributed by atoms with van der Waals surface area (Å²) in [5, 5.41) is -4.12. The molecule has 0 N–H and O–H groups in total. The Morgan fingerprint density at radius 2 is 1.48 bits per heavy atom. The first-order chi connectivity index (χ1) is 10.8. The monoisotopic (exact) mass is 362 g/mol. The molecule has 0 spiro atoms. The second-order valence-corrected chi connectivity index (χ2v) is 6.11. The Morgan fingerprint density at radius 3 is 1.91 bits per heavy atom. The minimum Gasteiger partial charge on any atom is -0.293 e. The van der Waals surface area contributed by atoms with Crippen molar-refractivity contribution in [2.75, 3.05) is 5.88 Å². The summed E-state index contributed by atoms with van der Waals surface area (Å²) in [6.07, 6.45) is -3.72. The summed E-state index contributed by atoms with van der Waals surface area (Å²) in [7, 11) is 0. The number of halogens is 5. The van der Waals surface area contributed by atoms with Crippen molar-refractivity contribution in [3.8, 4) is 11.1 Å². The van der Waals surface area contributed by atoms with Crippen LogP contribution in [0.5, 0.6) is 0 Å². The van der Waals surface area contributed by atoms with Crippen molar-refractivity contribution < 1.29 is 22.4 Å². The second-order valence-electron chi connectivity index (χ2n) is 4.62. The Bertz CT molecular complexity index is 671. The van der Waals surface area contributed by atoms with E-state index in [2.05, 4.69) is 0 Å². The minimum absolute atomic E-state index is 0.0491. The highest BCUT2D eigenvalue weighted by molar-refractivity contribution is 8.00. The molecule has 0 atom stereocenters. The van der Waals surface area contributed by atoms with Gasteiger partial charge < -0.3 is 0 Å². The maximum atomic E-state index is 13.0. The van der Waals surface area contributed by atoms with Gasteiger partial charge in [-0.15, -0.1) is 11.6 Å². The molecule has 2 rings (SSSR count). The van der Waals surface area contributed by atoms with E-state index in [0.29, 0.717) is 5.56 Å². The van der Waals surface area contributed by atoms with Gasteiger partial charge in [0, 0.05) is 10.5 Å². The highest BCUT2D eigenvalue weighted by atomic mass is 35.5. The van der Waals surface area contributed by atoms with Crippen molar-refractivity contribution in [1.82, 2.24) is 0 Å². The zero-order valence-electron chi connectivity index (χ0n) is 11.6. The van der Waals surface area contributed by atoms with Gasteiger partial charge in [0.05, 0.1) is 5.88 Å². The van der Waals surface area contributed by atoms with Crippen LogP contribution in [0.1, 0.15) is 10.4 Å². The molecule has 2 aromatic rings. The van der Waals surface area contributed by atoms with Crippen molar-refractivity contribution in [2.45, 2.75) is 16.6 Å². The number of carbonyl (C=O) groups excluding carboxylic acids is 1. The first-order valence-electron chi connectivity index (χ1n) is 6.48. The van der Waals surface area contributed by atoms with E-state index >= 15 is 0 Å². The molecule has 1 nitrogen and oxygen atoms in total. The van der Waals surface area contributed by atoms with E-state index in [-0.39, 0.29) is 28.3 Å². The Hall–Kier alpha value is -1.53. The normalized spacial score (nSPS) is 11.7. The predicted molar refractivity (Wildman–Crippen MR) is 83.7 cm³/mol. The quantitative estimate of drug-likeness (QED) is 0.283. The molecule has 2 aromatic carbocycles. The number of ketones is 1. The van der Waals surface area contributed by atoms with E-state index < -0.39 is 11.7 Å². The number of thioether (sulfide) groups is 1. The molecular weight excluding hydrogens is 352 g/mol. The topological polar surface area (TPSA) is 17.1 Å². The number of rotatable bonds is 6. The fourth-order valence-corrected chi connectivity index (χ4v) is 2.67. The molecule has 0 heterocycles. The minimum atomic E-state index is -4.12. The van der Waals surface area contributed by atoms with Gasteiger partial charge in [-0.3, -0.25) is 4.79 Å². The molecule has 0 aliphatic carbocycles. The van der Waals surface area contributed by atoms with Gasteiger partial charge in [-0.1, -0.05) is 36.4 Å². The summed E-state index contributed by atoms with van der Waals surface area (Å²) < 4.78 is 50.3. The molecule has 122 valence electrons. The van der Waals surface area contributed by atoms with Gasteiger partial charge in [0.1, 0.15) is 0 Å². The van der Waals surface area contributed by atoms with Gasteiger partial charge in [0.15, 0.2) is 5.78 Å². The summed E-state index contributed by atoms with van der Waals surface area (Å²) in [5.74, 6) is -0.303. The number of benzene rings is 2. The van der Waals surface area contributed by atoms with Crippen LogP contribution < -0.4 is 0 Å². The Labute approximate surface area is 139 Å². The van der Waals surface area contributed by atoms with Crippen LogP contribution in [0.15, 0.2) is 53.4 Å². The zero-order valence-corrected chi connectivity index (χ0v) is 13.2. The van der Waals surface area contributed by atoms with E-state index in [4.69, 9.17) is 11.6 Å². The lowest BCUT2D eigenvalue weighted by Crippen LogP contribution is -2.21. The van der Waals surface area contributed by atoms with E-state index in [1.165, 1.54) is 12.1 Å². The highest BCUT2D eigenvalue weighted by Crippen LogP contribution is 2.40. The lowest BCUT2D eigenvalue weighted by Gasteiger charge is -2.14. The summed E-state index contributed by atoms with van der Waals surface area (Å²) >= 11 is 5.29. The third-order valence-corrected chi connectivity index (χ3v) is 4.22. The molecule has 0 saturated carbocycles. The van der Waals surface area contributed by atoms with E-state index in [1.807, 2.05) is 0 Å². The Balaban J connectivity index is 2.15. The average Bonchev–Trinajstić information content (AvgIpc) is 2.54. The number of alkyl halides is 5. The Kier molecular flexibility index (Phi) is 5.70. The van der Waals surface area contributed by atoms with Gasteiger partial charge in [-0.05, 0) is 35.0 Å². The molecule has 23 heavy (non-hydrogen) atoms. The molecule has 0 fully saturated rings. The number of carbonyl (C=O) groups is 1. The smallest absolute Gasteiger partial charge is 0.293 e. The molecule has 0 aliphatic rings. The third kappa shape index (κ3) is 4.48. The zero-order chi connectivity index (χ0) is 17.0. The first-order valence-corrected chi connectivity index (χ1v) is 7.83. The number of hydrogen-bond donors (Lipinski definition) is 0. The van der Waals surface area contributed by atoms with Crippen LogP contribution in [0, 0.1) is 0 Å². The van der Waals surface area contributed by atoms with Crippen molar-refractivity contribution in [1.29, 1.82) is 0 Å². The lowest BCUT2D eigenvalue weighted by molar-refractivity contribution is -0.0563. The molecule has 0 saturated heterocycles. The summed E-state index contributed by atoms with van der Waals surface area (Å²) in [6, 6.07) is 12.5. The van der Waals surface area contributed by atoms with Gasteiger partial charge in [0.25, 0.3) is 0 Å². The van der Waals surface area contributed by atoms with Gasteiger partial charge >= 0.3 is 11.7 Å². The summed E-state index contributed by atoms with van der Waals surface area (Å²) in [4.78, 5) is 11.5. The van der Waals surface area contributed by atoms with Crippen LogP contribution in [-0.2, 0) is 0 Å². The second kappa shape index (κ2) is 7.36. The molecule has 0 bridgehead atoms. The van der Waals surface area contributed by atoms with Crippen LogP contribution in [0.3, 0.4) is 0 Å². The van der Waals surface area contributed by atoms with Crippen LogP contribution in [0.4, 0.5) is 17.6 Å². The van der Waals surface area contributed by atoms with Gasteiger partial charge in [-0.2, -0.15) is 8.78 Å². The number of hydrogen-bond acceptors (Lipinski definition) is 2. The summed E-state index contributed by atoms with van der Waals surface area (Å²) in [5.41, 5.74) is 1.97. The van der Waals surface area contributed by atoms with Crippen molar-refractivity contribution in [2.24, 2.45) is 0 Å². The van der Waals surface area contributed by atoms with Crippen LogP contribution >= 0.6 is 23.4 Å². The Morgan fingerprint density at radius 1 is 1.00 bits per heavy atom. The van der Waals surface area contributed by atoms with Crippen molar-refractivity contribution in [3.05, 3.63) is 54.1 Å². The molecule has 0 amide bonds. The largest absolute Gasteiger partial charge is 0.357 e. The highest BCUT2D eigenvalue weighted by Gasteiger charge is 2.41. The summed E-state index contributed by atoms with van der Waals surface area (Å²) in [6.45, 7) is 0. The molecular formula is C16H11ClF4OS. The van der Waals surface area contributed by atoms with Gasteiger partial charge in [-0.25, -0.2) is 8.78 Å². The predicted octanol–water partition coefficient (Wildman–Crippen LogP) is 5.73. The fourth-order valence-electron chi connectivity index (χ4n) is 1.84. The van der Waals surface area contributed by atoms with E-state index in [9.17, 15) is 22.4 Å². The molecule has 0 aliphatic heterocycles. The fraction of sp³-hybridized carbons (Fsp3) is 0.188. The standard InChI is InChI=1S/C16H11ClF4OS/c17-9-14(22)12-3-1-10(2-4-12)11-5-7-13(8-6-11)23-16(20,21)15(18)19/h1-8,15H,9H2. The van der Waals surface area contributed by atoms with Gasteiger partial charge in [0.2, 0.25) is 0 Å². The van der Waals surface area contributed by atoms with E-state index in [1.54, 1.807) is 36.4 Å². The van der Waals surface area contributed by atoms with Crippen LogP contribution in [-0.4, -0.2) is 23.3 Å². The third-order valence-electron chi connectivity index (χ3n) is 3.02. The van der Waals surface area contributed by atoms with E-state index in [0.717, 1.165) is 11.1 Å². The lowest BCUT2D eigenvalue weighted by atomic mass is 10.0. The van der Waals surface area contributed by atoms with Crippen LogP contribution in [0.25, 0.3) is 11.1 Å². The molecule has 7 heteroatoms. The SMILES string of the molecule is O=C(CCl)c1ccc(-c2ccc(SC(F)(F)C(F)F)cc2)cc1. The van der Waals surface area contributed by atoms with Crippen molar-refractivity contribution in [3.63, 3.8) is 0 Å².